The number of pyridine rings is 1. The van der Waals surface area contributed by atoms with E-state index in [1.54, 1.807) is 6.07 Å². The van der Waals surface area contributed by atoms with Crippen LogP contribution < -0.4 is 5.73 Å². The first-order valence-corrected chi connectivity index (χ1v) is 9.14. The van der Waals surface area contributed by atoms with E-state index < -0.39 is 11.9 Å². The van der Waals surface area contributed by atoms with Crippen LogP contribution in [0.2, 0.25) is 0 Å². The summed E-state index contributed by atoms with van der Waals surface area (Å²) in [4.78, 5) is 26.4. The summed E-state index contributed by atoms with van der Waals surface area (Å²) in [7, 11) is 2.92. The lowest BCUT2D eigenvalue weighted by Gasteiger charge is -2.12. The number of amides is 1. The van der Waals surface area contributed by atoms with Crippen molar-refractivity contribution in [2.75, 3.05) is 5.75 Å². The molecule has 0 saturated carbocycles. The summed E-state index contributed by atoms with van der Waals surface area (Å²) in [6.07, 6.45) is 2.75. The Kier molecular flexibility index (Phi) is 8.22. The molecule has 0 fully saturated rings. The normalized spacial score (nSPS) is 12.0. The van der Waals surface area contributed by atoms with Gasteiger partial charge >= 0.3 is 5.97 Å². The zero-order chi connectivity index (χ0) is 15.7. The van der Waals surface area contributed by atoms with Crippen LogP contribution in [0.15, 0.2) is 23.2 Å². The van der Waals surface area contributed by atoms with Crippen LogP contribution >= 0.6 is 21.6 Å². The molecule has 0 radical (unpaired) electrons. The van der Waals surface area contributed by atoms with Gasteiger partial charge < -0.3 is 10.8 Å². The molecule has 116 valence electrons. The van der Waals surface area contributed by atoms with Gasteiger partial charge in [0, 0.05) is 12.2 Å². The van der Waals surface area contributed by atoms with E-state index in [9.17, 15) is 14.7 Å². The quantitative estimate of drug-likeness (QED) is 0.506. The van der Waals surface area contributed by atoms with Crippen molar-refractivity contribution in [3.8, 4) is 0 Å². The third-order valence-corrected chi connectivity index (χ3v) is 5.08. The van der Waals surface area contributed by atoms with Gasteiger partial charge in [0.25, 0.3) is 0 Å². The molecule has 0 aliphatic heterocycles. The molecule has 21 heavy (non-hydrogen) atoms. The minimum Gasteiger partial charge on any atom is -0.481 e. The Labute approximate surface area is 132 Å². The highest BCUT2D eigenvalue weighted by Gasteiger charge is 2.20. The van der Waals surface area contributed by atoms with Crippen LogP contribution in [0.25, 0.3) is 0 Å². The zero-order valence-electron chi connectivity index (χ0n) is 11.9. The predicted molar refractivity (Wildman–Crippen MR) is 86.3 cm³/mol. The van der Waals surface area contributed by atoms with Gasteiger partial charge in [0.05, 0.1) is 11.6 Å². The van der Waals surface area contributed by atoms with Crippen molar-refractivity contribution >= 4 is 33.5 Å². The monoisotopic (exact) mass is 328 g/mol. The second kappa shape index (κ2) is 9.68. The molecule has 1 atom stereocenters. The van der Waals surface area contributed by atoms with Crippen molar-refractivity contribution in [2.24, 2.45) is 5.73 Å². The number of carbonyl (C=O) groups is 2. The Morgan fingerprint density at radius 2 is 2.19 bits per heavy atom. The minimum absolute atomic E-state index is 0.324. The van der Waals surface area contributed by atoms with E-state index in [0.29, 0.717) is 24.3 Å². The topological polar surface area (TPSA) is 93.3 Å². The number of hydrogen-bond acceptors (Lipinski definition) is 5. The van der Waals surface area contributed by atoms with Crippen molar-refractivity contribution < 1.29 is 14.7 Å². The van der Waals surface area contributed by atoms with E-state index in [2.05, 4.69) is 4.98 Å². The first-order valence-electron chi connectivity index (χ1n) is 6.82. The number of unbranched alkanes of at least 4 members (excludes halogenated alkanes) is 1. The van der Waals surface area contributed by atoms with Gasteiger partial charge in [-0.1, -0.05) is 36.6 Å². The Morgan fingerprint density at radius 3 is 2.81 bits per heavy atom. The van der Waals surface area contributed by atoms with Gasteiger partial charge in [0.15, 0.2) is 0 Å². The number of aromatic nitrogens is 1. The van der Waals surface area contributed by atoms with Crippen molar-refractivity contribution in [1.29, 1.82) is 0 Å². The number of nitrogens with zero attached hydrogens (tertiary/aromatic N) is 1. The van der Waals surface area contributed by atoms with E-state index >= 15 is 0 Å². The number of rotatable bonds is 10. The van der Waals surface area contributed by atoms with Crippen LogP contribution in [-0.2, 0) is 9.59 Å². The van der Waals surface area contributed by atoms with E-state index in [-0.39, 0.29) is 5.91 Å². The van der Waals surface area contributed by atoms with Gasteiger partial charge in [-0.3, -0.25) is 9.59 Å². The highest BCUT2D eigenvalue weighted by atomic mass is 33.1. The Hall–Kier alpha value is -1.21. The van der Waals surface area contributed by atoms with E-state index in [1.165, 1.54) is 21.6 Å². The van der Waals surface area contributed by atoms with Crippen molar-refractivity contribution in [2.45, 2.75) is 43.6 Å². The van der Waals surface area contributed by atoms with Crippen LogP contribution in [0.3, 0.4) is 0 Å². The second-order valence-electron chi connectivity index (χ2n) is 4.56. The molecule has 1 rings (SSSR count). The highest BCUT2D eigenvalue weighted by molar-refractivity contribution is 8.76. The molecule has 1 unspecified atom stereocenters. The van der Waals surface area contributed by atoms with Gasteiger partial charge in [-0.05, 0) is 29.3 Å². The summed E-state index contributed by atoms with van der Waals surface area (Å²) < 4.78 is 0. The fraction of sp³-hybridized carbons (Fsp3) is 0.500. The molecule has 3 N–H and O–H groups in total. The fourth-order valence-corrected chi connectivity index (χ4v) is 3.63. The lowest BCUT2D eigenvalue weighted by atomic mass is 9.98. The molecule has 0 bridgehead atoms. The van der Waals surface area contributed by atoms with E-state index in [1.807, 2.05) is 19.1 Å². The third-order valence-electron chi connectivity index (χ3n) is 2.82. The highest BCUT2D eigenvalue weighted by Crippen LogP contribution is 2.31. The molecule has 0 aromatic carbocycles. The maximum absolute atomic E-state index is 11.3. The molecular weight excluding hydrogens is 308 g/mol. The number of aliphatic carboxylic acids is 1. The summed E-state index contributed by atoms with van der Waals surface area (Å²) in [6.45, 7) is 2.04. The van der Waals surface area contributed by atoms with Crippen LogP contribution in [0, 0.1) is 0 Å². The third kappa shape index (κ3) is 6.86. The average molecular weight is 328 g/mol. The molecular formula is C14H20N2O3S2. The lowest BCUT2D eigenvalue weighted by molar-refractivity contribution is -0.139. The summed E-state index contributed by atoms with van der Waals surface area (Å²) in [5.74, 6) is -1.10. The minimum atomic E-state index is -0.834. The number of carboxylic acids is 1. The molecule has 5 nitrogen and oxygen atoms in total. The number of primary amides is 1. The van der Waals surface area contributed by atoms with Crippen LogP contribution in [0.5, 0.6) is 0 Å². The standard InChI is InChI=1S/C14H20N2O3S2/c1-2-3-5-10(14(18)19)11-6-4-7-13(16-11)21-20-9-8-12(15)17/h4,6-7,10H,2-3,5,8-9H2,1H3,(H2,15,17)(H,18,19). The Morgan fingerprint density at radius 1 is 1.43 bits per heavy atom. The van der Waals surface area contributed by atoms with Crippen LogP contribution in [0.1, 0.15) is 44.2 Å². The SMILES string of the molecule is CCCCC(C(=O)O)c1cccc(SSCCC(N)=O)n1. The predicted octanol–water partition coefficient (Wildman–Crippen LogP) is 3.06. The first kappa shape index (κ1) is 17.8. The van der Waals surface area contributed by atoms with Crippen molar-refractivity contribution in [3.05, 3.63) is 23.9 Å². The van der Waals surface area contributed by atoms with Gasteiger partial charge in [0.2, 0.25) is 5.91 Å². The van der Waals surface area contributed by atoms with Gasteiger partial charge in [-0.25, -0.2) is 4.98 Å². The molecule has 1 aromatic rings. The number of nitrogens with two attached hydrogens (primary N) is 1. The Balaban J connectivity index is 2.64. The molecule has 1 heterocycles. The molecule has 0 spiro atoms. The second-order valence-corrected chi connectivity index (χ2v) is 6.99. The molecule has 1 amide bonds. The van der Waals surface area contributed by atoms with E-state index in [0.717, 1.165) is 17.9 Å². The molecule has 0 aliphatic rings. The first-order chi connectivity index (χ1) is 10.0. The maximum atomic E-state index is 11.3. The van der Waals surface area contributed by atoms with Crippen LogP contribution in [0.4, 0.5) is 0 Å². The van der Waals surface area contributed by atoms with Crippen molar-refractivity contribution in [3.63, 3.8) is 0 Å². The van der Waals surface area contributed by atoms with Gasteiger partial charge in [-0.2, -0.15) is 0 Å². The van der Waals surface area contributed by atoms with E-state index in [4.69, 9.17) is 5.73 Å². The smallest absolute Gasteiger partial charge is 0.312 e. The van der Waals surface area contributed by atoms with Gasteiger partial charge in [0.1, 0.15) is 5.03 Å². The number of hydrogen-bond donors (Lipinski definition) is 2. The van der Waals surface area contributed by atoms with Crippen molar-refractivity contribution in [1.82, 2.24) is 4.98 Å². The molecule has 0 aliphatic carbocycles. The summed E-state index contributed by atoms with van der Waals surface area (Å²) in [5, 5.41) is 10.1. The Bertz CT molecular complexity index is 483. The van der Waals surface area contributed by atoms with Gasteiger partial charge in [-0.15, -0.1) is 0 Å². The summed E-state index contributed by atoms with van der Waals surface area (Å²) in [5.41, 5.74) is 5.67. The molecule has 7 heteroatoms. The summed E-state index contributed by atoms with van der Waals surface area (Å²) >= 11 is 0. The fourth-order valence-electron chi connectivity index (χ4n) is 1.72. The lowest BCUT2D eigenvalue weighted by Crippen LogP contribution is -2.13. The number of carboxylic acid groups (broad SMARTS) is 1. The molecule has 1 aromatic heterocycles. The summed E-state index contributed by atoms with van der Waals surface area (Å²) in [6, 6.07) is 5.41. The molecule has 0 saturated heterocycles. The zero-order valence-corrected chi connectivity index (χ0v) is 13.6. The maximum Gasteiger partial charge on any atom is 0.312 e. The average Bonchev–Trinajstić information content (AvgIpc) is 2.44. The largest absolute Gasteiger partial charge is 0.481 e. The number of carbonyl (C=O) groups excluding carboxylic acids is 1. The van der Waals surface area contributed by atoms with Crippen LogP contribution in [-0.4, -0.2) is 27.7 Å².